The van der Waals surface area contributed by atoms with Crippen LogP contribution < -0.4 is 10.2 Å². The number of carbonyl (C=O) groups excluding carboxylic acids is 1. The van der Waals surface area contributed by atoms with Crippen molar-refractivity contribution in [3.05, 3.63) is 65.4 Å². The van der Waals surface area contributed by atoms with Crippen LogP contribution in [0.15, 0.2) is 48.7 Å². The fourth-order valence-electron chi connectivity index (χ4n) is 5.27. The van der Waals surface area contributed by atoms with Gasteiger partial charge in [0.15, 0.2) is 0 Å². The Morgan fingerprint density at radius 3 is 2.56 bits per heavy atom. The number of rotatable bonds is 9. The number of nitrogens with zero attached hydrogens (tertiary/aromatic N) is 1. The fraction of sp³-hybridized carbons (Fsp3) is 0.467. The summed E-state index contributed by atoms with van der Waals surface area (Å²) in [5.74, 6) is -0.811. The molecule has 6 nitrogen and oxygen atoms in total. The Kier molecular flexibility index (Phi) is 8.02. The molecule has 2 heterocycles. The van der Waals surface area contributed by atoms with Crippen LogP contribution in [0.5, 0.6) is 0 Å². The molecule has 1 aromatic heterocycles. The standard InChI is InChI=1S/C30H39N3O3/c1-30(2,3)19-26(23-9-5-6-10-27(23)33-15-7-4-8-16-33)32-28(34)18-21-11-13-25-24(17-21)22(20-31-25)12-14-29(35)36/h5-6,9-11,13,17,20,26,31H,4,7-8,12,14-16,18-19H2,1-3H3,(H,32,34)(H,35,36). The molecule has 1 amide bonds. The Morgan fingerprint density at radius 2 is 1.83 bits per heavy atom. The second kappa shape index (κ2) is 11.2. The average molecular weight is 490 g/mol. The van der Waals surface area contributed by atoms with Crippen molar-refractivity contribution in [3.8, 4) is 0 Å². The van der Waals surface area contributed by atoms with Gasteiger partial charge in [0.25, 0.3) is 0 Å². The number of carboxylic acids is 1. The third-order valence-electron chi connectivity index (χ3n) is 6.97. The SMILES string of the molecule is CC(C)(C)CC(NC(=O)Cc1ccc2[nH]cc(CCC(=O)O)c2c1)c1ccccc1N1CCCCC1. The minimum atomic E-state index is -0.811. The molecule has 0 saturated carbocycles. The van der Waals surface area contributed by atoms with Crippen molar-refractivity contribution < 1.29 is 14.7 Å². The van der Waals surface area contributed by atoms with Crippen LogP contribution in [0.3, 0.4) is 0 Å². The Balaban J connectivity index is 1.54. The molecular weight excluding hydrogens is 450 g/mol. The Labute approximate surface area is 214 Å². The summed E-state index contributed by atoms with van der Waals surface area (Å²) in [6, 6.07) is 14.4. The molecular formula is C30H39N3O3. The number of benzene rings is 2. The first-order valence-corrected chi connectivity index (χ1v) is 13.1. The summed E-state index contributed by atoms with van der Waals surface area (Å²) < 4.78 is 0. The summed E-state index contributed by atoms with van der Waals surface area (Å²) in [7, 11) is 0. The summed E-state index contributed by atoms with van der Waals surface area (Å²) >= 11 is 0. The lowest BCUT2D eigenvalue weighted by atomic mass is 9.84. The molecule has 0 spiro atoms. The molecule has 3 N–H and O–H groups in total. The van der Waals surface area contributed by atoms with Gasteiger partial charge in [-0.3, -0.25) is 9.59 Å². The monoisotopic (exact) mass is 489 g/mol. The lowest BCUT2D eigenvalue weighted by Crippen LogP contribution is -2.35. The highest BCUT2D eigenvalue weighted by atomic mass is 16.4. The van der Waals surface area contributed by atoms with E-state index in [1.165, 1.54) is 30.5 Å². The highest BCUT2D eigenvalue weighted by molar-refractivity contribution is 5.86. The van der Waals surface area contributed by atoms with Gasteiger partial charge in [0, 0.05) is 42.3 Å². The number of nitrogens with one attached hydrogen (secondary N) is 2. The lowest BCUT2D eigenvalue weighted by molar-refractivity contribution is -0.137. The van der Waals surface area contributed by atoms with Crippen molar-refractivity contribution in [1.82, 2.24) is 10.3 Å². The van der Waals surface area contributed by atoms with Crippen LogP contribution in [0, 0.1) is 5.41 Å². The molecule has 1 fully saturated rings. The number of piperidine rings is 1. The van der Waals surface area contributed by atoms with Gasteiger partial charge in [0.2, 0.25) is 5.91 Å². The zero-order valence-electron chi connectivity index (χ0n) is 21.8. The topological polar surface area (TPSA) is 85.4 Å². The summed E-state index contributed by atoms with van der Waals surface area (Å²) in [4.78, 5) is 30.0. The average Bonchev–Trinajstić information content (AvgIpc) is 3.24. The van der Waals surface area contributed by atoms with E-state index in [4.69, 9.17) is 5.11 Å². The van der Waals surface area contributed by atoms with Gasteiger partial charge in [-0.1, -0.05) is 45.0 Å². The van der Waals surface area contributed by atoms with E-state index in [0.29, 0.717) is 6.42 Å². The molecule has 6 heteroatoms. The predicted molar refractivity (Wildman–Crippen MR) is 145 cm³/mol. The number of carboxylic acid groups (broad SMARTS) is 1. The van der Waals surface area contributed by atoms with Crippen LogP contribution in [-0.2, 0) is 22.4 Å². The van der Waals surface area contributed by atoms with Crippen LogP contribution in [0.25, 0.3) is 10.9 Å². The maximum absolute atomic E-state index is 13.3. The summed E-state index contributed by atoms with van der Waals surface area (Å²) in [5.41, 5.74) is 5.34. The molecule has 3 aromatic rings. The van der Waals surface area contributed by atoms with Gasteiger partial charge in [0.1, 0.15) is 0 Å². The zero-order chi connectivity index (χ0) is 25.7. The molecule has 192 valence electrons. The van der Waals surface area contributed by atoms with Crippen molar-refractivity contribution in [1.29, 1.82) is 0 Å². The van der Waals surface area contributed by atoms with Crippen molar-refractivity contribution in [2.45, 2.75) is 71.8 Å². The predicted octanol–water partition coefficient (Wildman–Crippen LogP) is 6.01. The first-order valence-electron chi connectivity index (χ1n) is 13.1. The number of para-hydroxylation sites is 1. The van der Waals surface area contributed by atoms with E-state index in [0.717, 1.165) is 41.5 Å². The molecule has 1 saturated heterocycles. The van der Waals surface area contributed by atoms with E-state index >= 15 is 0 Å². The number of aromatic nitrogens is 1. The second-order valence-corrected chi connectivity index (χ2v) is 11.3. The van der Waals surface area contributed by atoms with Gasteiger partial charge in [-0.15, -0.1) is 0 Å². The molecule has 0 aliphatic carbocycles. The van der Waals surface area contributed by atoms with Crippen LogP contribution in [-0.4, -0.2) is 35.1 Å². The van der Waals surface area contributed by atoms with Gasteiger partial charge in [-0.2, -0.15) is 0 Å². The number of amides is 1. The number of H-pyrrole nitrogens is 1. The van der Waals surface area contributed by atoms with E-state index in [2.05, 4.69) is 60.2 Å². The molecule has 2 aromatic carbocycles. The molecule has 0 radical (unpaired) electrons. The number of hydrogen-bond donors (Lipinski definition) is 3. The molecule has 1 aliphatic heterocycles. The number of aromatic amines is 1. The minimum Gasteiger partial charge on any atom is -0.481 e. The van der Waals surface area contributed by atoms with E-state index in [-0.39, 0.29) is 30.2 Å². The van der Waals surface area contributed by atoms with Gasteiger partial charge in [-0.05, 0) is 72.4 Å². The maximum atomic E-state index is 13.3. The highest BCUT2D eigenvalue weighted by Crippen LogP contribution is 2.35. The van der Waals surface area contributed by atoms with Crippen LogP contribution in [0.2, 0.25) is 0 Å². The number of aryl methyl sites for hydroxylation is 1. The third-order valence-corrected chi connectivity index (χ3v) is 6.97. The van der Waals surface area contributed by atoms with Crippen molar-refractivity contribution >= 4 is 28.5 Å². The second-order valence-electron chi connectivity index (χ2n) is 11.3. The lowest BCUT2D eigenvalue weighted by Gasteiger charge is -2.34. The smallest absolute Gasteiger partial charge is 0.303 e. The van der Waals surface area contributed by atoms with Crippen LogP contribution in [0.1, 0.15) is 75.6 Å². The van der Waals surface area contributed by atoms with E-state index < -0.39 is 5.97 Å². The summed E-state index contributed by atoms with van der Waals surface area (Å²) in [6.07, 6.45) is 7.25. The Bertz CT molecular complexity index is 1200. The van der Waals surface area contributed by atoms with Crippen molar-refractivity contribution in [3.63, 3.8) is 0 Å². The third kappa shape index (κ3) is 6.68. The van der Waals surface area contributed by atoms with Gasteiger partial charge >= 0.3 is 5.97 Å². The number of anilines is 1. The first kappa shape index (κ1) is 25.8. The van der Waals surface area contributed by atoms with E-state index in [1.54, 1.807) is 0 Å². The molecule has 4 rings (SSSR count). The molecule has 1 unspecified atom stereocenters. The van der Waals surface area contributed by atoms with Crippen LogP contribution in [0.4, 0.5) is 5.69 Å². The zero-order valence-corrected chi connectivity index (χ0v) is 21.8. The highest BCUT2D eigenvalue weighted by Gasteiger charge is 2.26. The summed E-state index contributed by atoms with van der Waals surface area (Å²) in [5, 5.41) is 13.4. The van der Waals surface area contributed by atoms with Gasteiger partial charge in [-0.25, -0.2) is 0 Å². The molecule has 0 bridgehead atoms. The van der Waals surface area contributed by atoms with Gasteiger partial charge < -0.3 is 20.3 Å². The molecule has 1 atom stereocenters. The normalized spacial score (nSPS) is 15.1. The summed E-state index contributed by atoms with van der Waals surface area (Å²) in [6.45, 7) is 8.78. The largest absolute Gasteiger partial charge is 0.481 e. The van der Waals surface area contributed by atoms with E-state index in [1.807, 2.05) is 24.4 Å². The first-order chi connectivity index (χ1) is 17.2. The molecule has 1 aliphatic rings. The quantitative estimate of drug-likeness (QED) is 0.343. The van der Waals surface area contributed by atoms with Crippen molar-refractivity contribution in [2.24, 2.45) is 5.41 Å². The van der Waals surface area contributed by atoms with Gasteiger partial charge in [0.05, 0.1) is 12.5 Å². The number of carbonyl (C=O) groups is 2. The van der Waals surface area contributed by atoms with Crippen molar-refractivity contribution in [2.75, 3.05) is 18.0 Å². The number of aliphatic carboxylic acids is 1. The van der Waals surface area contributed by atoms with Crippen LogP contribution >= 0.6 is 0 Å². The Hall–Kier alpha value is -3.28. The van der Waals surface area contributed by atoms with E-state index in [9.17, 15) is 9.59 Å². The maximum Gasteiger partial charge on any atom is 0.303 e. The fourth-order valence-corrected chi connectivity index (χ4v) is 5.27. The minimum absolute atomic E-state index is 0.000307. The number of hydrogen-bond acceptors (Lipinski definition) is 3. The molecule has 36 heavy (non-hydrogen) atoms. The number of fused-ring (bicyclic) bond motifs is 1. The Morgan fingerprint density at radius 1 is 1.08 bits per heavy atom.